The molecule has 0 radical (unpaired) electrons. The Bertz CT molecular complexity index is 336. The first-order valence-corrected chi connectivity index (χ1v) is 6.06. The Kier molecular flexibility index (Phi) is 3.15. The molecule has 1 fully saturated rings. The summed E-state index contributed by atoms with van der Waals surface area (Å²) >= 11 is 9.51. The fourth-order valence-electron chi connectivity index (χ4n) is 1.83. The van der Waals surface area contributed by atoms with Crippen LogP contribution in [0, 0.1) is 5.92 Å². The first-order valence-electron chi connectivity index (χ1n) is 4.89. The fraction of sp³-hybridized carbons (Fsp3) is 0.455. The summed E-state index contributed by atoms with van der Waals surface area (Å²) in [6, 6.07) is 6.03. The molecule has 0 aromatic heterocycles. The van der Waals surface area contributed by atoms with Crippen molar-refractivity contribution in [3.05, 3.63) is 33.3 Å². The molecule has 0 saturated heterocycles. The van der Waals surface area contributed by atoms with Crippen molar-refractivity contribution < 1.29 is 0 Å². The summed E-state index contributed by atoms with van der Waals surface area (Å²) in [7, 11) is 0. The first-order chi connectivity index (χ1) is 6.70. The van der Waals surface area contributed by atoms with Gasteiger partial charge in [0, 0.05) is 10.5 Å². The molecule has 1 saturated carbocycles. The van der Waals surface area contributed by atoms with Gasteiger partial charge in [0.1, 0.15) is 0 Å². The van der Waals surface area contributed by atoms with Crippen molar-refractivity contribution in [3.63, 3.8) is 0 Å². The molecule has 2 N–H and O–H groups in total. The number of rotatable bonds is 2. The minimum Gasteiger partial charge on any atom is -0.324 e. The lowest BCUT2D eigenvalue weighted by Crippen LogP contribution is -2.27. The summed E-state index contributed by atoms with van der Waals surface area (Å²) in [5.74, 6) is 0.643. The number of nitrogens with two attached hydrogens (primary N) is 1. The molecule has 0 amide bonds. The van der Waals surface area contributed by atoms with Gasteiger partial charge in [0.15, 0.2) is 0 Å². The maximum Gasteiger partial charge on any atom is 0.0551 e. The van der Waals surface area contributed by atoms with Crippen molar-refractivity contribution in [2.24, 2.45) is 11.7 Å². The van der Waals surface area contributed by atoms with Crippen LogP contribution in [0.25, 0.3) is 0 Å². The lowest BCUT2D eigenvalue weighted by Gasteiger charge is -2.32. The molecule has 1 atom stereocenters. The maximum atomic E-state index is 6.18. The molecule has 0 heterocycles. The fourth-order valence-corrected chi connectivity index (χ4v) is 2.54. The summed E-state index contributed by atoms with van der Waals surface area (Å²) in [5.41, 5.74) is 7.32. The Balaban J connectivity index is 2.26. The molecule has 2 rings (SSSR count). The molecular weight excluding hydrogens is 261 g/mol. The molecule has 1 aromatic carbocycles. The van der Waals surface area contributed by atoms with E-state index in [9.17, 15) is 0 Å². The summed E-state index contributed by atoms with van der Waals surface area (Å²) in [6.45, 7) is 0. The normalized spacial score (nSPS) is 19.1. The summed E-state index contributed by atoms with van der Waals surface area (Å²) < 4.78 is 0.959. The van der Waals surface area contributed by atoms with Crippen molar-refractivity contribution in [1.29, 1.82) is 0 Å². The molecule has 0 aliphatic heterocycles. The zero-order valence-electron chi connectivity index (χ0n) is 7.84. The molecule has 0 bridgehead atoms. The smallest absolute Gasteiger partial charge is 0.0551 e. The van der Waals surface area contributed by atoms with Gasteiger partial charge < -0.3 is 5.73 Å². The standard InChI is InChI=1S/C11H13BrClN/c12-10-8(5-2-6-9(10)13)11(14)7-3-1-4-7/h2,5-7,11H,1,3-4,14H2/t11-/m0/s1. The van der Waals surface area contributed by atoms with Crippen molar-refractivity contribution in [3.8, 4) is 0 Å². The van der Waals surface area contributed by atoms with Crippen LogP contribution in [0.3, 0.4) is 0 Å². The first kappa shape index (κ1) is 10.5. The lowest BCUT2D eigenvalue weighted by molar-refractivity contribution is 0.264. The average molecular weight is 275 g/mol. The number of benzene rings is 1. The van der Waals surface area contributed by atoms with Gasteiger partial charge >= 0.3 is 0 Å². The van der Waals surface area contributed by atoms with Crippen LogP contribution in [-0.2, 0) is 0 Å². The zero-order chi connectivity index (χ0) is 10.1. The van der Waals surface area contributed by atoms with E-state index in [1.165, 1.54) is 19.3 Å². The van der Waals surface area contributed by atoms with Crippen molar-refractivity contribution >= 4 is 27.5 Å². The molecule has 3 heteroatoms. The van der Waals surface area contributed by atoms with E-state index in [2.05, 4.69) is 22.0 Å². The highest BCUT2D eigenvalue weighted by Gasteiger charge is 2.26. The largest absolute Gasteiger partial charge is 0.324 e. The molecule has 14 heavy (non-hydrogen) atoms. The van der Waals surface area contributed by atoms with E-state index in [0.717, 1.165) is 15.1 Å². The lowest BCUT2D eigenvalue weighted by atomic mass is 9.78. The molecule has 76 valence electrons. The van der Waals surface area contributed by atoms with Gasteiger partial charge in [-0.25, -0.2) is 0 Å². The van der Waals surface area contributed by atoms with Gasteiger partial charge in [0.05, 0.1) is 5.02 Å². The van der Waals surface area contributed by atoms with E-state index in [-0.39, 0.29) is 6.04 Å². The third-order valence-corrected chi connectivity index (χ3v) is 4.43. The molecule has 0 spiro atoms. The van der Waals surface area contributed by atoms with Crippen LogP contribution in [0.4, 0.5) is 0 Å². The van der Waals surface area contributed by atoms with Gasteiger partial charge in [0.2, 0.25) is 0 Å². The van der Waals surface area contributed by atoms with E-state index in [1.54, 1.807) is 0 Å². The highest BCUT2D eigenvalue weighted by atomic mass is 79.9. The van der Waals surface area contributed by atoms with Gasteiger partial charge in [-0.15, -0.1) is 0 Å². The van der Waals surface area contributed by atoms with E-state index >= 15 is 0 Å². The quantitative estimate of drug-likeness (QED) is 0.869. The van der Waals surface area contributed by atoms with Gasteiger partial charge in [-0.1, -0.05) is 30.2 Å². The zero-order valence-corrected chi connectivity index (χ0v) is 10.2. The summed E-state index contributed by atoms with van der Waals surface area (Å²) in [5, 5.41) is 0.747. The number of hydrogen-bond acceptors (Lipinski definition) is 1. The van der Waals surface area contributed by atoms with Gasteiger partial charge in [-0.3, -0.25) is 0 Å². The minimum atomic E-state index is 0.136. The minimum absolute atomic E-state index is 0.136. The second-order valence-corrected chi connectivity index (χ2v) is 5.06. The Morgan fingerprint density at radius 3 is 2.71 bits per heavy atom. The van der Waals surface area contributed by atoms with Crippen molar-refractivity contribution in [2.45, 2.75) is 25.3 Å². The SMILES string of the molecule is N[C@H](c1cccc(Cl)c1Br)C1CCC1. The molecule has 1 aliphatic carbocycles. The Labute approximate surface area is 97.8 Å². The Morgan fingerprint density at radius 1 is 1.43 bits per heavy atom. The van der Waals surface area contributed by atoms with E-state index in [0.29, 0.717) is 5.92 Å². The summed E-state index contributed by atoms with van der Waals surface area (Å²) in [4.78, 5) is 0. The van der Waals surface area contributed by atoms with E-state index < -0.39 is 0 Å². The second-order valence-electron chi connectivity index (χ2n) is 3.86. The van der Waals surface area contributed by atoms with Gasteiger partial charge in [0.25, 0.3) is 0 Å². The summed E-state index contributed by atoms with van der Waals surface area (Å²) in [6.07, 6.45) is 3.82. The molecule has 1 aromatic rings. The predicted molar refractivity (Wildman–Crippen MR) is 63.4 cm³/mol. The topological polar surface area (TPSA) is 26.0 Å². The van der Waals surface area contributed by atoms with Crippen LogP contribution in [0.1, 0.15) is 30.9 Å². The second kappa shape index (κ2) is 4.21. The molecule has 1 nitrogen and oxygen atoms in total. The van der Waals surface area contributed by atoms with Crippen LogP contribution >= 0.6 is 27.5 Å². The van der Waals surface area contributed by atoms with Crippen LogP contribution in [0.15, 0.2) is 22.7 Å². The highest BCUT2D eigenvalue weighted by Crippen LogP contribution is 2.39. The maximum absolute atomic E-state index is 6.18. The third kappa shape index (κ3) is 1.83. The van der Waals surface area contributed by atoms with Crippen LogP contribution in [-0.4, -0.2) is 0 Å². The van der Waals surface area contributed by atoms with Crippen LogP contribution in [0.5, 0.6) is 0 Å². The van der Waals surface area contributed by atoms with E-state index in [1.807, 2.05) is 12.1 Å². The third-order valence-electron chi connectivity index (χ3n) is 3.00. The van der Waals surface area contributed by atoms with Gasteiger partial charge in [-0.2, -0.15) is 0 Å². The molecule has 0 unspecified atom stereocenters. The molecular formula is C11H13BrClN. The van der Waals surface area contributed by atoms with Crippen molar-refractivity contribution in [2.75, 3.05) is 0 Å². The Morgan fingerprint density at radius 2 is 2.14 bits per heavy atom. The number of hydrogen-bond donors (Lipinski definition) is 1. The van der Waals surface area contributed by atoms with Gasteiger partial charge in [-0.05, 0) is 46.3 Å². The average Bonchev–Trinajstić information content (AvgIpc) is 2.06. The van der Waals surface area contributed by atoms with E-state index in [4.69, 9.17) is 17.3 Å². The molecule has 1 aliphatic rings. The highest BCUT2D eigenvalue weighted by molar-refractivity contribution is 9.10. The monoisotopic (exact) mass is 273 g/mol. The van der Waals surface area contributed by atoms with Crippen molar-refractivity contribution in [1.82, 2.24) is 0 Å². The predicted octanol–water partition coefficient (Wildman–Crippen LogP) is 3.90. The Hall–Kier alpha value is -0.0500. The van der Waals surface area contributed by atoms with Crippen LogP contribution < -0.4 is 5.73 Å². The number of halogens is 2. The van der Waals surface area contributed by atoms with Crippen LogP contribution in [0.2, 0.25) is 5.02 Å².